The van der Waals surface area contributed by atoms with Gasteiger partial charge in [-0.05, 0) is 43.9 Å². The van der Waals surface area contributed by atoms with Crippen LogP contribution < -0.4 is 15.5 Å². The van der Waals surface area contributed by atoms with Gasteiger partial charge in [-0.3, -0.25) is 0 Å². The van der Waals surface area contributed by atoms with Crippen molar-refractivity contribution in [2.45, 2.75) is 38.8 Å². The molecule has 2 aromatic heterocycles. The molecule has 0 aliphatic carbocycles. The summed E-state index contributed by atoms with van der Waals surface area (Å²) >= 11 is 0. The Morgan fingerprint density at radius 3 is 2.61 bits per heavy atom. The third-order valence-corrected chi connectivity index (χ3v) is 5.28. The van der Waals surface area contributed by atoms with E-state index in [0.717, 1.165) is 31.0 Å². The van der Waals surface area contributed by atoms with Crippen LogP contribution in [0.25, 0.3) is 0 Å². The molecular weight excluding hydrogens is 348 g/mol. The molecule has 1 atom stereocenters. The molecule has 3 heterocycles. The van der Waals surface area contributed by atoms with E-state index in [0.29, 0.717) is 24.1 Å². The molecule has 6 heteroatoms. The van der Waals surface area contributed by atoms with E-state index in [2.05, 4.69) is 43.8 Å². The molecule has 0 bridgehead atoms. The third-order valence-electron chi connectivity index (χ3n) is 5.28. The Hall–Kier alpha value is -3.15. The first kappa shape index (κ1) is 18.2. The van der Waals surface area contributed by atoms with Crippen molar-refractivity contribution in [2.75, 3.05) is 22.1 Å². The SMILES string of the molecule is CC1CCCCN1c1ncnc(N(Cc2ccccc2)c2ccccn2)c1N. The number of rotatable bonds is 5. The van der Waals surface area contributed by atoms with E-state index >= 15 is 0 Å². The van der Waals surface area contributed by atoms with Gasteiger partial charge in [-0.25, -0.2) is 15.0 Å². The first-order valence-corrected chi connectivity index (χ1v) is 9.83. The molecule has 1 aliphatic heterocycles. The predicted octanol–water partition coefficient (Wildman–Crippen LogP) is 4.17. The van der Waals surface area contributed by atoms with Gasteiger partial charge in [0.05, 0.1) is 6.54 Å². The molecule has 144 valence electrons. The van der Waals surface area contributed by atoms with Crippen LogP contribution in [-0.4, -0.2) is 27.5 Å². The van der Waals surface area contributed by atoms with Gasteiger partial charge in [0.15, 0.2) is 11.6 Å². The quantitative estimate of drug-likeness (QED) is 0.723. The van der Waals surface area contributed by atoms with Crippen LogP contribution in [0.4, 0.5) is 23.1 Å². The number of anilines is 4. The molecule has 6 nitrogen and oxygen atoms in total. The van der Waals surface area contributed by atoms with Crippen LogP contribution in [0.2, 0.25) is 0 Å². The van der Waals surface area contributed by atoms with Gasteiger partial charge in [0.25, 0.3) is 0 Å². The van der Waals surface area contributed by atoms with Crippen molar-refractivity contribution in [1.29, 1.82) is 0 Å². The van der Waals surface area contributed by atoms with E-state index in [1.165, 1.54) is 12.0 Å². The molecule has 2 N–H and O–H groups in total. The lowest BCUT2D eigenvalue weighted by Gasteiger charge is -2.35. The molecule has 1 saturated heterocycles. The van der Waals surface area contributed by atoms with Crippen molar-refractivity contribution < 1.29 is 0 Å². The lowest BCUT2D eigenvalue weighted by Crippen LogP contribution is -2.38. The maximum Gasteiger partial charge on any atom is 0.163 e. The van der Waals surface area contributed by atoms with Gasteiger partial charge in [-0.2, -0.15) is 0 Å². The standard InChI is InChI=1S/C22H26N6/c1-17-9-6-8-14-27(17)21-20(23)22(26-16-25-21)28(19-12-5-7-13-24-19)15-18-10-3-2-4-11-18/h2-5,7,10-13,16-17H,6,8-9,14-15,23H2,1H3. The molecule has 4 rings (SSSR count). The highest BCUT2D eigenvalue weighted by Crippen LogP contribution is 2.35. The van der Waals surface area contributed by atoms with Gasteiger partial charge in [-0.1, -0.05) is 36.4 Å². The molecule has 1 fully saturated rings. The number of pyridine rings is 1. The van der Waals surface area contributed by atoms with Crippen LogP contribution >= 0.6 is 0 Å². The smallest absolute Gasteiger partial charge is 0.163 e. The van der Waals surface area contributed by atoms with Crippen LogP contribution in [0.5, 0.6) is 0 Å². The Kier molecular flexibility index (Phi) is 5.37. The van der Waals surface area contributed by atoms with Crippen LogP contribution in [0, 0.1) is 0 Å². The lowest BCUT2D eigenvalue weighted by atomic mass is 10.0. The Labute approximate surface area is 166 Å². The summed E-state index contributed by atoms with van der Waals surface area (Å²) in [5, 5.41) is 0. The molecule has 3 aromatic rings. The maximum atomic E-state index is 6.63. The molecule has 0 spiro atoms. The van der Waals surface area contributed by atoms with Crippen molar-refractivity contribution in [1.82, 2.24) is 15.0 Å². The van der Waals surface area contributed by atoms with Crippen LogP contribution in [-0.2, 0) is 6.54 Å². The van der Waals surface area contributed by atoms with Gasteiger partial charge in [0.2, 0.25) is 0 Å². The maximum absolute atomic E-state index is 6.63. The molecule has 1 aliphatic rings. The number of nitrogens with two attached hydrogens (primary N) is 1. The van der Waals surface area contributed by atoms with E-state index in [-0.39, 0.29) is 0 Å². The minimum Gasteiger partial charge on any atom is -0.393 e. The van der Waals surface area contributed by atoms with Gasteiger partial charge in [-0.15, -0.1) is 0 Å². The zero-order valence-electron chi connectivity index (χ0n) is 16.2. The summed E-state index contributed by atoms with van der Waals surface area (Å²) < 4.78 is 0. The number of hydrogen-bond acceptors (Lipinski definition) is 6. The minimum absolute atomic E-state index is 0.427. The number of aromatic nitrogens is 3. The van der Waals surface area contributed by atoms with Crippen LogP contribution in [0.1, 0.15) is 31.7 Å². The fourth-order valence-corrected chi connectivity index (χ4v) is 3.78. The summed E-state index contributed by atoms with van der Waals surface area (Å²) in [5.74, 6) is 2.34. The topological polar surface area (TPSA) is 71.2 Å². The van der Waals surface area contributed by atoms with E-state index in [1.807, 2.05) is 36.4 Å². The number of hydrogen-bond donors (Lipinski definition) is 1. The lowest BCUT2D eigenvalue weighted by molar-refractivity contribution is 0.481. The molecular formula is C22H26N6. The summed E-state index contributed by atoms with van der Waals surface area (Å²) in [7, 11) is 0. The van der Waals surface area contributed by atoms with Crippen molar-refractivity contribution in [3.8, 4) is 0 Å². The Bertz CT molecular complexity index is 899. The van der Waals surface area contributed by atoms with E-state index in [4.69, 9.17) is 5.73 Å². The zero-order chi connectivity index (χ0) is 19.3. The fraction of sp³-hybridized carbons (Fsp3) is 0.318. The average Bonchev–Trinajstić information content (AvgIpc) is 2.75. The minimum atomic E-state index is 0.427. The Balaban J connectivity index is 1.75. The second-order valence-corrected chi connectivity index (χ2v) is 7.23. The second-order valence-electron chi connectivity index (χ2n) is 7.23. The highest BCUT2D eigenvalue weighted by Gasteiger charge is 2.25. The summed E-state index contributed by atoms with van der Waals surface area (Å²) in [4.78, 5) is 18.0. The summed E-state index contributed by atoms with van der Waals surface area (Å²) in [6.45, 7) is 3.85. The molecule has 1 unspecified atom stereocenters. The highest BCUT2D eigenvalue weighted by molar-refractivity contribution is 5.79. The third kappa shape index (κ3) is 3.76. The van der Waals surface area contributed by atoms with Gasteiger partial charge < -0.3 is 15.5 Å². The van der Waals surface area contributed by atoms with E-state index in [1.54, 1.807) is 12.5 Å². The molecule has 0 radical (unpaired) electrons. The van der Waals surface area contributed by atoms with Crippen molar-refractivity contribution in [3.05, 3.63) is 66.6 Å². The monoisotopic (exact) mass is 374 g/mol. The largest absolute Gasteiger partial charge is 0.393 e. The first-order valence-electron chi connectivity index (χ1n) is 9.83. The van der Waals surface area contributed by atoms with Gasteiger partial charge in [0, 0.05) is 18.8 Å². The summed E-state index contributed by atoms with van der Waals surface area (Å²) in [5.41, 5.74) is 8.41. The first-order chi connectivity index (χ1) is 13.7. The molecule has 0 amide bonds. The van der Waals surface area contributed by atoms with Crippen molar-refractivity contribution in [3.63, 3.8) is 0 Å². The predicted molar refractivity (Wildman–Crippen MR) is 114 cm³/mol. The molecule has 0 saturated carbocycles. The second kappa shape index (κ2) is 8.25. The fourth-order valence-electron chi connectivity index (χ4n) is 3.78. The van der Waals surface area contributed by atoms with E-state index < -0.39 is 0 Å². The Morgan fingerprint density at radius 1 is 1.04 bits per heavy atom. The van der Waals surface area contributed by atoms with Crippen molar-refractivity contribution >= 4 is 23.1 Å². The van der Waals surface area contributed by atoms with Crippen LogP contribution in [0.3, 0.4) is 0 Å². The molecule has 28 heavy (non-hydrogen) atoms. The molecule has 1 aromatic carbocycles. The Morgan fingerprint density at radius 2 is 1.86 bits per heavy atom. The number of benzene rings is 1. The van der Waals surface area contributed by atoms with E-state index in [9.17, 15) is 0 Å². The summed E-state index contributed by atoms with van der Waals surface area (Å²) in [6, 6.07) is 16.6. The highest BCUT2D eigenvalue weighted by atomic mass is 15.3. The summed E-state index contributed by atoms with van der Waals surface area (Å²) in [6.07, 6.45) is 6.98. The number of nitrogens with zero attached hydrogens (tertiary/aromatic N) is 5. The zero-order valence-corrected chi connectivity index (χ0v) is 16.2. The van der Waals surface area contributed by atoms with Crippen molar-refractivity contribution in [2.24, 2.45) is 0 Å². The van der Waals surface area contributed by atoms with Gasteiger partial charge in [0.1, 0.15) is 17.8 Å². The average molecular weight is 374 g/mol. The number of nitrogen functional groups attached to an aromatic ring is 1. The normalized spacial score (nSPS) is 16.8. The number of piperidine rings is 1. The van der Waals surface area contributed by atoms with Crippen LogP contribution in [0.15, 0.2) is 61.1 Å². The van der Waals surface area contributed by atoms with Gasteiger partial charge >= 0.3 is 0 Å².